The molecule has 0 aliphatic carbocycles. The Morgan fingerprint density at radius 1 is 1.41 bits per heavy atom. The summed E-state index contributed by atoms with van der Waals surface area (Å²) in [6, 6.07) is 4.43. The van der Waals surface area contributed by atoms with Crippen LogP contribution >= 0.6 is 12.2 Å². The van der Waals surface area contributed by atoms with Crippen LogP contribution in [0.3, 0.4) is 0 Å². The molecule has 1 amide bonds. The molecule has 0 unspecified atom stereocenters. The van der Waals surface area contributed by atoms with E-state index in [1.807, 2.05) is 0 Å². The lowest BCUT2D eigenvalue weighted by Gasteiger charge is -2.16. The van der Waals surface area contributed by atoms with Crippen molar-refractivity contribution in [3.63, 3.8) is 0 Å². The van der Waals surface area contributed by atoms with Crippen molar-refractivity contribution in [2.45, 2.75) is 26.0 Å². The highest BCUT2D eigenvalue weighted by Gasteiger charge is 2.31. The molecule has 1 saturated heterocycles. The van der Waals surface area contributed by atoms with Gasteiger partial charge in [0.15, 0.2) is 16.6 Å². The Labute approximate surface area is 132 Å². The maximum atomic E-state index is 12.4. The second-order valence-corrected chi connectivity index (χ2v) is 5.16. The number of methoxy groups -OCH3 is 1. The van der Waals surface area contributed by atoms with Crippen molar-refractivity contribution < 1.29 is 23.0 Å². The van der Waals surface area contributed by atoms with E-state index in [9.17, 15) is 13.6 Å². The molecule has 2 rings (SSSR count). The van der Waals surface area contributed by atoms with Gasteiger partial charge in [0.25, 0.3) is 5.91 Å². The number of carbonyl (C=O) groups is 1. The van der Waals surface area contributed by atoms with Crippen molar-refractivity contribution in [2.75, 3.05) is 13.7 Å². The number of hydrogen-bond acceptors (Lipinski definition) is 4. The number of benzene rings is 1. The maximum Gasteiger partial charge on any atom is 0.387 e. The molecule has 1 atom stereocenters. The first-order chi connectivity index (χ1) is 10.4. The predicted molar refractivity (Wildman–Crippen MR) is 80.2 cm³/mol. The number of carbonyl (C=O) groups excluding carboxylic acids is 1. The van der Waals surface area contributed by atoms with Crippen LogP contribution in [-0.4, -0.2) is 42.2 Å². The van der Waals surface area contributed by atoms with Gasteiger partial charge in [0.2, 0.25) is 0 Å². The Morgan fingerprint density at radius 2 is 2.14 bits per heavy atom. The highest BCUT2D eigenvalue weighted by atomic mass is 32.1. The average Bonchev–Trinajstić information content (AvgIpc) is 2.70. The minimum absolute atomic E-state index is 0.0307. The van der Waals surface area contributed by atoms with E-state index in [1.54, 1.807) is 19.1 Å². The third kappa shape index (κ3) is 3.62. The van der Waals surface area contributed by atoms with Crippen LogP contribution in [-0.2, 0) is 11.2 Å². The van der Waals surface area contributed by atoms with Gasteiger partial charge in [-0.05, 0) is 43.3 Å². The number of thiocarbonyl (C=S) groups is 1. The third-order valence-corrected chi connectivity index (χ3v) is 3.63. The standard InChI is InChI=1S/C14H16F2N2O3S/c1-8-12(19)18(14(22)17-8)6-5-9-3-4-10(20-2)11(7-9)21-13(15)16/h3-4,7-8,13H,5-6H2,1-2H3,(H,17,22)/t8-/m1/s1. The summed E-state index contributed by atoms with van der Waals surface area (Å²) in [5.74, 6) is 0.103. The van der Waals surface area contributed by atoms with E-state index in [0.717, 1.165) is 5.56 Å². The molecule has 5 nitrogen and oxygen atoms in total. The number of nitrogens with one attached hydrogen (secondary N) is 1. The quantitative estimate of drug-likeness (QED) is 0.808. The second-order valence-electron chi connectivity index (χ2n) is 4.77. The third-order valence-electron chi connectivity index (χ3n) is 3.29. The number of hydrogen-bond donors (Lipinski definition) is 1. The van der Waals surface area contributed by atoms with Crippen molar-refractivity contribution >= 4 is 23.2 Å². The minimum atomic E-state index is -2.93. The van der Waals surface area contributed by atoms with E-state index in [4.69, 9.17) is 17.0 Å². The molecule has 0 radical (unpaired) electrons. The summed E-state index contributed by atoms with van der Waals surface area (Å²) in [6.45, 7) is -0.826. The van der Waals surface area contributed by atoms with Gasteiger partial charge < -0.3 is 14.8 Å². The Kier molecular flexibility index (Phi) is 5.12. The summed E-state index contributed by atoms with van der Waals surface area (Å²) < 4.78 is 34.2. The Balaban J connectivity index is 2.07. The zero-order valence-electron chi connectivity index (χ0n) is 12.1. The normalized spacial score (nSPS) is 17.9. The summed E-state index contributed by atoms with van der Waals surface area (Å²) in [4.78, 5) is 13.4. The van der Waals surface area contributed by atoms with Gasteiger partial charge in [-0.15, -0.1) is 0 Å². The van der Waals surface area contributed by atoms with Crippen molar-refractivity contribution in [1.82, 2.24) is 10.2 Å². The summed E-state index contributed by atoms with van der Waals surface area (Å²) in [6.07, 6.45) is 0.462. The van der Waals surface area contributed by atoms with Gasteiger partial charge >= 0.3 is 6.61 Å². The summed E-state index contributed by atoms with van der Waals surface area (Å²) >= 11 is 5.08. The minimum Gasteiger partial charge on any atom is -0.493 e. The zero-order valence-corrected chi connectivity index (χ0v) is 13.0. The van der Waals surface area contributed by atoms with Crippen LogP contribution < -0.4 is 14.8 Å². The Bertz CT molecular complexity index is 583. The fourth-order valence-electron chi connectivity index (χ4n) is 2.18. The first kappa shape index (κ1) is 16.4. The molecule has 1 aliphatic heterocycles. The van der Waals surface area contributed by atoms with Crippen LogP contribution in [0.15, 0.2) is 18.2 Å². The molecule has 120 valence electrons. The fourth-order valence-corrected chi connectivity index (χ4v) is 2.53. The molecule has 1 N–H and O–H groups in total. The molecule has 0 bridgehead atoms. The molecule has 1 aromatic rings. The van der Waals surface area contributed by atoms with Gasteiger partial charge in [0.1, 0.15) is 6.04 Å². The molecule has 1 fully saturated rings. The van der Waals surface area contributed by atoms with Gasteiger partial charge in [-0.25, -0.2) is 0 Å². The van der Waals surface area contributed by atoms with Crippen LogP contribution in [0.5, 0.6) is 11.5 Å². The molecule has 8 heteroatoms. The van der Waals surface area contributed by atoms with Gasteiger partial charge in [-0.3, -0.25) is 9.69 Å². The molecular formula is C14H16F2N2O3S. The van der Waals surface area contributed by atoms with Gasteiger partial charge in [-0.1, -0.05) is 6.07 Å². The monoisotopic (exact) mass is 330 g/mol. The van der Waals surface area contributed by atoms with Crippen LogP contribution in [0, 0.1) is 0 Å². The number of amides is 1. The van der Waals surface area contributed by atoms with Crippen molar-refractivity contribution in [1.29, 1.82) is 0 Å². The largest absolute Gasteiger partial charge is 0.493 e. The topological polar surface area (TPSA) is 50.8 Å². The van der Waals surface area contributed by atoms with Crippen LogP contribution in [0.1, 0.15) is 12.5 Å². The first-order valence-corrected chi connectivity index (χ1v) is 7.06. The zero-order chi connectivity index (χ0) is 16.3. The van der Waals surface area contributed by atoms with E-state index in [2.05, 4.69) is 10.1 Å². The SMILES string of the molecule is COc1ccc(CCN2C(=O)[C@@H](C)NC2=S)cc1OC(F)F. The number of nitrogens with zero attached hydrogens (tertiary/aromatic N) is 1. The molecule has 1 aromatic carbocycles. The molecule has 0 saturated carbocycles. The van der Waals surface area contributed by atoms with Gasteiger partial charge in [0.05, 0.1) is 7.11 Å². The lowest BCUT2D eigenvalue weighted by molar-refractivity contribution is -0.126. The summed E-state index contributed by atoms with van der Waals surface area (Å²) in [5.41, 5.74) is 0.742. The van der Waals surface area contributed by atoms with Gasteiger partial charge in [-0.2, -0.15) is 8.78 Å². The highest BCUT2D eigenvalue weighted by Crippen LogP contribution is 2.29. The number of rotatable bonds is 6. The number of halogens is 2. The van der Waals surface area contributed by atoms with Crippen LogP contribution in [0.2, 0.25) is 0 Å². The van der Waals surface area contributed by atoms with E-state index < -0.39 is 6.61 Å². The van der Waals surface area contributed by atoms with Crippen LogP contribution in [0.4, 0.5) is 8.78 Å². The number of alkyl halides is 2. The fraction of sp³-hybridized carbons (Fsp3) is 0.429. The lowest BCUT2D eigenvalue weighted by atomic mass is 10.1. The summed E-state index contributed by atoms with van der Waals surface area (Å²) in [5, 5.41) is 3.26. The van der Waals surface area contributed by atoms with E-state index in [0.29, 0.717) is 18.1 Å². The molecule has 0 spiro atoms. The first-order valence-electron chi connectivity index (χ1n) is 6.66. The second kappa shape index (κ2) is 6.87. The molecule has 1 heterocycles. The molecule has 0 aromatic heterocycles. The van der Waals surface area contributed by atoms with Crippen molar-refractivity contribution in [2.24, 2.45) is 0 Å². The Hall–Kier alpha value is -1.96. The van der Waals surface area contributed by atoms with E-state index >= 15 is 0 Å². The van der Waals surface area contributed by atoms with Gasteiger partial charge in [0, 0.05) is 6.54 Å². The van der Waals surface area contributed by atoms with Crippen LogP contribution in [0.25, 0.3) is 0 Å². The summed E-state index contributed by atoms with van der Waals surface area (Å²) in [7, 11) is 1.38. The van der Waals surface area contributed by atoms with Crippen molar-refractivity contribution in [3.8, 4) is 11.5 Å². The maximum absolute atomic E-state index is 12.4. The molecule has 22 heavy (non-hydrogen) atoms. The smallest absolute Gasteiger partial charge is 0.387 e. The average molecular weight is 330 g/mol. The van der Waals surface area contributed by atoms with E-state index in [-0.39, 0.29) is 23.4 Å². The molecular weight excluding hydrogens is 314 g/mol. The number of ether oxygens (including phenoxy) is 2. The highest BCUT2D eigenvalue weighted by molar-refractivity contribution is 7.80. The molecule has 1 aliphatic rings. The predicted octanol–water partition coefficient (Wildman–Crippen LogP) is 1.94. The lowest BCUT2D eigenvalue weighted by Crippen LogP contribution is -2.32. The van der Waals surface area contributed by atoms with Crippen molar-refractivity contribution in [3.05, 3.63) is 23.8 Å². The Morgan fingerprint density at radius 3 is 2.68 bits per heavy atom. The van der Waals surface area contributed by atoms with E-state index in [1.165, 1.54) is 18.1 Å².